The first-order chi connectivity index (χ1) is 15.7. The summed E-state index contributed by atoms with van der Waals surface area (Å²) in [7, 11) is 0. The van der Waals surface area contributed by atoms with Crippen LogP contribution in [0, 0.1) is 0 Å². The minimum absolute atomic E-state index is 0. The summed E-state index contributed by atoms with van der Waals surface area (Å²) in [5.74, 6) is -0.663. The molecule has 4 rings (SSSR count). The molecule has 2 aliphatic rings. The smallest absolute Gasteiger partial charge is 0.303 e. The van der Waals surface area contributed by atoms with Crippen molar-refractivity contribution >= 4 is 17.7 Å². The molecule has 0 atom stereocenters. The van der Waals surface area contributed by atoms with Crippen molar-refractivity contribution in [1.29, 1.82) is 0 Å². The summed E-state index contributed by atoms with van der Waals surface area (Å²) in [6, 6.07) is 17.3. The molecule has 2 aliphatic heterocycles. The van der Waals surface area contributed by atoms with Gasteiger partial charge in [0.05, 0.1) is 0 Å². The number of fused-ring (bicyclic) bond motifs is 2. The second-order valence-electron chi connectivity index (χ2n) is 8.26. The molecule has 0 bridgehead atoms. The molecule has 0 amide bonds. The van der Waals surface area contributed by atoms with Crippen LogP contribution in [0.3, 0.4) is 0 Å². The molecule has 0 saturated carbocycles. The molecule has 2 heterocycles. The van der Waals surface area contributed by atoms with Crippen LogP contribution in [0.4, 0.5) is 4.70 Å². The van der Waals surface area contributed by atoms with Gasteiger partial charge in [0, 0.05) is 42.4 Å². The lowest BCUT2D eigenvalue weighted by molar-refractivity contribution is -0.137. The topological polar surface area (TPSA) is 61.4 Å². The number of hydrogen-bond acceptors (Lipinski definition) is 4. The van der Waals surface area contributed by atoms with Gasteiger partial charge in [-0.3, -0.25) is 9.50 Å². The Bertz CT molecular complexity index is 685. The largest absolute Gasteiger partial charge is 0.481 e. The number of unbranched alkanes of at least 4 members (excludes halogenated alkanes) is 6. The standard InChI is InChI=1S/C13H10S.C10H20O2.C4H10N2.FH/c1-3-7-12-10(5-1)9-11-6-2-4-8-13(11)14-12;1-2-3-4-5-6-7-8-9-10(11)12;1-2-6-4-3-5-1;/h1-8H,9H2;2-9H2,1H3,(H,11,12);5-6H,1-4H2;1H. The average molecular weight is 477 g/mol. The van der Waals surface area contributed by atoms with Crippen molar-refractivity contribution in [2.75, 3.05) is 26.2 Å². The molecule has 184 valence electrons. The Kier molecular flexibility index (Phi) is 16.4. The first-order valence-corrected chi connectivity index (χ1v) is 13.0. The van der Waals surface area contributed by atoms with E-state index in [9.17, 15) is 4.79 Å². The van der Waals surface area contributed by atoms with E-state index in [1.54, 1.807) is 0 Å². The van der Waals surface area contributed by atoms with E-state index in [-0.39, 0.29) is 4.70 Å². The summed E-state index contributed by atoms with van der Waals surface area (Å²) >= 11 is 1.88. The third kappa shape index (κ3) is 12.8. The van der Waals surface area contributed by atoms with Crippen LogP contribution in [-0.2, 0) is 11.2 Å². The molecular formula is C27H41FN2O2S. The first-order valence-electron chi connectivity index (χ1n) is 12.2. The van der Waals surface area contributed by atoms with E-state index in [0.29, 0.717) is 6.42 Å². The molecule has 0 unspecified atom stereocenters. The summed E-state index contributed by atoms with van der Waals surface area (Å²) < 4.78 is 0. The molecule has 1 saturated heterocycles. The van der Waals surface area contributed by atoms with Gasteiger partial charge in [0.25, 0.3) is 0 Å². The van der Waals surface area contributed by atoms with Gasteiger partial charge in [-0.25, -0.2) is 0 Å². The van der Waals surface area contributed by atoms with Crippen LogP contribution in [0.15, 0.2) is 58.3 Å². The predicted molar refractivity (Wildman–Crippen MR) is 138 cm³/mol. The van der Waals surface area contributed by atoms with Gasteiger partial charge in [-0.15, -0.1) is 0 Å². The normalized spacial score (nSPS) is 13.6. The quantitative estimate of drug-likeness (QED) is 0.334. The monoisotopic (exact) mass is 476 g/mol. The van der Waals surface area contributed by atoms with E-state index in [1.165, 1.54) is 53.0 Å². The molecule has 33 heavy (non-hydrogen) atoms. The minimum atomic E-state index is -0.663. The van der Waals surface area contributed by atoms with Gasteiger partial charge in [-0.05, 0) is 36.1 Å². The van der Waals surface area contributed by atoms with Gasteiger partial charge < -0.3 is 15.7 Å². The Morgan fingerprint density at radius 3 is 1.70 bits per heavy atom. The summed E-state index contributed by atoms with van der Waals surface area (Å²) in [6.45, 7) is 6.75. The van der Waals surface area contributed by atoms with E-state index >= 15 is 0 Å². The fourth-order valence-corrected chi connectivity index (χ4v) is 4.73. The lowest BCUT2D eigenvalue weighted by Gasteiger charge is -2.17. The highest BCUT2D eigenvalue weighted by atomic mass is 32.2. The minimum Gasteiger partial charge on any atom is -0.481 e. The number of piperazine rings is 1. The second-order valence-corrected chi connectivity index (χ2v) is 9.34. The van der Waals surface area contributed by atoms with Gasteiger partial charge in [0.15, 0.2) is 0 Å². The Labute approximate surface area is 203 Å². The number of carboxylic acid groups (broad SMARTS) is 1. The van der Waals surface area contributed by atoms with Gasteiger partial charge in [0.2, 0.25) is 0 Å². The number of halogens is 1. The van der Waals surface area contributed by atoms with Crippen molar-refractivity contribution in [3.05, 3.63) is 59.7 Å². The van der Waals surface area contributed by atoms with Crippen molar-refractivity contribution < 1.29 is 14.6 Å². The fraction of sp³-hybridized carbons (Fsp3) is 0.519. The van der Waals surface area contributed by atoms with E-state index in [1.807, 2.05) is 11.8 Å². The van der Waals surface area contributed by atoms with Crippen LogP contribution in [0.5, 0.6) is 0 Å². The van der Waals surface area contributed by atoms with Gasteiger partial charge in [-0.1, -0.05) is 93.6 Å². The zero-order valence-corrected chi connectivity index (χ0v) is 20.8. The van der Waals surface area contributed by atoms with Gasteiger partial charge in [0.1, 0.15) is 0 Å². The SMILES string of the molecule is C1CNCCN1.CCCCCCCCCC(=O)O.F.c1ccc2c(c1)Cc1ccccc1S2. The van der Waals surface area contributed by atoms with E-state index in [0.717, 1.165) is 45.4 Å². The fourth-order valence-electron chi connectivity index (χ4n) is 3.66. The van der Waals surface area contributed by atoms with Crippen molar-refractivity contribution in [2.24, 2.45) is 0 Å². The number of hydrogen-bond donors (Lipinski definition) is 3. The average Bonchev–Trinajstić information content (AvgIpc) is 2.84. The van der Waals surface area contributed by atoms with Crippen molar-refractivity contribution in [2.45, 2.75) is 74.5 Å². The zero-order chi connectivity index (χ0) is 22.9. The van der Waals surface area contributed by atoms with Crippen LogP contribution >= 0.6 is 11.8 Å². The Hall–Kier alpha value is -1.89. The Balaban J connectivity index is 0.000000262. The summed E-state index contributed by atoms with van der Waals surface area (Å²) in [4.78, 5) is 13.0. The summed E-state index contributed by atoms with van der Waals surface area (Å²) in [5.41, 5.74) is 2.91. The molecule has 0 radical (unpaired) electrons. The molecular weight excluding hydrogens is 435 g/mol. The number of nitrogens with one attached hydrogen (secondary N) is 2. The molecule has 6 heteroatoms. The van der Waals surface area contributed by atoms with E-state index in [2.05, 4.69) is 66.1 Å². The summed E-state index contributed by atoms with van der Waals surface area (Å²) in [6.07, 6.45) is 9.73. The Morgan fingerprint density at radius 1 is 0.788 bits per heavy atom. The molecule has 4 nitrogen and oxygen atoms in total. The number of benzene rings is 2. The van der Waals surface area contributed by atoms with Crippen LogP contribution in [0.25, 0.3) is 0 Å². The maximum Gasteiger partial charge on any atom is 0.303 e. The molecule has 0 aromatic heterocycles. The summed E-state index contributed by atoms with van der Waals surface area (Å²) in [5, 5.41) is 14.8. The molecule has 2 aromatic rings. The highest BCUT2D eigenvalue weighted by molar-refractivity contribution is 7.99. The van der Waals surface area contributed by atoms with Crippen LogP contribution < -0.4 is 10.6 Å². The number of carbonyl (C=O) groups is 1. The number of rotatable bonds is 8. The second kappa shape index (κ2) is 18.5. The maximum atomic E-state index is 10.1. The number of carboxylic acids is 1. The van der Waals surface area contributed by atoms with Crippen LogP contribution in [-0.4, -0.2) is 37.3 Å². The Morgan fingerprint density at radius 2 is 1.24 bits per heavy atom. The third-order valence-electron chi connectivity index (χ3n) is 5.50. The predicted octanol–water partition coefficient (Wildman–Crippen LogP) is 6.29. The molecule has 1 fully saturated rings. The van der Waals surface area contributed by atoms with E-state index in [4.69, 9.17) is 5.11 Å². The molecule has 3 N–H and O–H groups in total. The highest BCUT2D eigenvalue weighted by Crippen LogP contribution is 2.38. The first kappa shape index (κ1) is 29.1. The van der Waals surface area contributed by atoms with Crippen molar-refractivity contribution in [3.8, 4) is 0 Å². The lowest BCUT2D eigenvalue weighted by atomic mass is 10.0. The van der Waals surface area contributed by atoms with E-state index < -0.39 is 5.97 Å². The van der Waals surface area contributed by atoms with Crippen molar-refractivity contribution in [1.82, 2.24) is 10.6 Å². The highest BCUT2D eigenvalue weighted by Gasteiger charge is 2.13. The van der Waals surface area contributed by atoms with Crippen LogP contribution in [0.2, 0.25) is 0 Å². The zero-order valence-electron chi connectivity index (χ0n) is 20.0. The molecule has 0 spiro atoms. The van der Waals surface area contributed by atoms with Crippen LogP contribution in [0.1, 0.15) is 69.4 Å². The third-order valence-corrected chi connectivity index (χ3v) is 6.73. The van der Waals surface area contributed by atoms with Crippen molar-refractivity contribution in [3.63, 3.8) is 0 Å². The van der Waals surface area contributed by atoms with Gasteiger partial charge >= 0.3 is 5.97 Å². The molecule has 0 aliphatic carbocycles. The lowest BCUT2D eigenvalue weighted by Crippen LogP contribution is -2.39. The number of aliphatic carboxylic acids is 1. The molecule has 2 aromatic carbocycles. The maximum absolute atomic E-state index is 10.1. The van der Waals surface area contributed by atoms with Gasteiger partial charge in [-0.2, -0.15) is 0 Å².